The summed E-state index contributed by atoms with van der Waals surface area (Å²) >= 11 is 6.00. The molecule has 2 aromatic carbocycles. The number of rotatable bonds is 5. The van der Waals surface area contributed by atoms with Crippen LogP contribution in [0.1, 0.15) is 51.3 Å². The van der Waals surface area contributed by atoms with E-state index in [-0.39, 0.29) is 18.4 Å². The highest BCUT2D eigenvalue weighted by molar-refractivity contribution is 6.30. The fourth-order valence-electron chi connectivity index (χ4n) is 4.17. The average molecular weight is 521 g/mol. The van der Waals surface area contributed by atoms with Gasteiger partial charge < -0.3 is 15.1 Å². The number of aryl methyl sites for hydroxylation is 1. The maximum atomic E-state index is 13.2. The molecule has 11 heteroatoms. The zero-order chi connectivity index (χ0) is 26.2. The number of hydrogen-bond acceptors (Lipinski definition) is 5. The van der Waals surface area contributed by atoms with Gasteiger partial charge in [0.05, 0.1) is 29.4 Å². The van der Waals surface area contributed by atoms with Crippen molar-refractivity contribution < 1.29 is 22.8 Å². The Bertz CT molecular complexity index is 1360. The first-order valence-corrected chi connectivity index (χ1v) is 11.6. The molecule has 1 N–H and O–H groups in total. The number of fused-ring (bicyclic) bond motifs is 1. The first kappa shape index (κ1) is 25.6. The third-order valence-corrected chi connectivity index (χ3v) is 6.40. The summed E-state index contributed by atoms with van der Waals surface area (Å²) in [6, 6.07) is 9.31. The van der Waals surface area contributed by atoms with Crippen molar-refractivity contribution in [2.45, 2.75) is 39.0 Å². The van der Waals surface area contributed by atoms with Crippen LogP contribution in [0.2, 0.25) is 5.02 Å². The van der Waals surface area contributed by atoms with Crippen LogP contribution >= 0.6 is 11.6 Å². The number of halogens is 4. The van der Waals surface area contributed by atoms with Gasteiger partial charge >= 0.3 is 6.18 Å². The Kier molecular flexibility index (Phi) is 6.99. The Labute approximate surface area is 210 Å². The number of hydrogen-bond donors (Lipinski definition) is 1. The standard InChI is InChI=1S/C25H24ClF3N4O3/c1-14-12-18(26)8-9-19(14)22(34)32-11-10-21-20(13-32)23(35)33(36-3)24(31-21)30-15(2)16-4-6-17(7-5-16)25(27,28)29/h4-9,12,15H,10-11,13H2,1-3H3,(H,30,31)/t15-/m0/s1. The van der Waals surface area contributed by atoms with Gasteiger partial charge in [-0.05, 0) is 55.3 Å². The molecule has 1 atom stereocenters. The number of nitrogens with one attached hydrogen (secondary N) is 1. The highest BCUT2D eigenvalue weighted by Crippen LogP contribution is 2.30. The molecule has 1 aliphatic heterocycles. The molecule has 36 heavy (non-hydrogen) atoms. The molecule has 0 unspecified atom stereocenters. The van der Waals surface area contributed by atoms with Crippen molar-refractivity contribution in [1.82, 2.24) is 14.6 Å². The third kappa shape index (κ3) is 5.04. The zero-order valence-electron chi connectivity index (χ0n) is 19.8. The Morgan fingerprint density at radius 3 is 2.50 bits per heavy atom. The monoisotopic (exact) mass is 520 g/mol. The second-order valence-corrected chi connectivity index (χ2v) is 9.00. The topological polar surface area (TPSA) is 76.5 Å². The van der Waals surface area contributed by atoms with Crippen LogP contribution in [-0.4, -0.2) is 34.2 Å². The molecule has 0 saturated heterocycles. The minimum atomic E-state index is -4.42. The van der Waals surface area contributed by atoms with Crippen molar-refractivity contribution in [1.29, 1.82) is 0 Å². The molecule has 0 saturated carbocycles. The van der Waals surface area contributed by atoms with Crippen LogP contribution in [0.15, 0.2) is 47.3 Å². The fraction of sp³-hybridized carbons (Fsp3) is 0.320. The number of carbonyl (C=O) groups excluding carboxylic acids is 1. The molecule has 3 aromatic rings. The molecular weight excluding hydrogens is 497 g/mol. The number of nitrogens with zero attached hydrogens (tertiary/aromatic N) is 3. The average Bonchev–Trinajstić information content (AvgIpc) is 2.83. The highest BCUT2D eigenvalue weighted by atomic mass is 35.5. The summed E-state index contributed by atoms with van der Waals surface area (Å²) in [4.78, 5) is 37.7. The van der Waals surface area contributed by atoms with Crippen molar-refractivity contribution in [3.8, 4) is 0 Å². The van der Waals surface area contributed by atoms with Crippen molar-refractivity contribution in [3.63, 3.8) is 0 Å². The Hall–Kier alpha value is -3.53. The van der Waals surface area contributed by atoms with E-state index in [0.717, 1.165) is 22.4 Å². The van der Waals surface area contributed by atoms with Crippen LogP contribution in [0, 0.1) is 6.92 Å². The Morgan fingerprint density at radius 1 is 1.19 bits per heavy atom. The van der Waals surface area contributed by atoms with Gasteiger partial charge in [-0.1, -0.05) is 23.7 Å². The minimum absolute atomic E-state index is 0.0696. The molecule has 0 spiro atoms. The first-order valence-electron chi connectivity index (χ1n) is 11.2. The van der Waals surface area contributed by atoms with E-state index in [9.17, 15) is 22.8 Å². The van der Waals surface area contributed by atoms with Crippen molar-refractivity contribution >= 4 is 23.5 Å². The van der Waals surface area contributed by atoms with Gasteiger partial charge in [0.25, 0.3) is 11.5 Å². The lowest BCUT2D eigenvalue weighted by molar-refractivity contribution is -0.137. The van der Waals surface area contributed by atoms with Gasteiger partial charge in [0.15, 0.2) is 0 Å². The van der Waals surface area contributed by atoms with E-state index in [1.807, 2.05) is 0 Å². The molecule has 2 heterocycles. The van der Waals surface area contributed by atoms with E-state index >= 15 is 0 Å². The first-order chi connectivity index (χ1) is 17.0. The van der Waals surface area contributed by atoms with E-state index in [2.05, 4.69) is 10.3 Å². The summed E-state index contributed by atoms with van der Waals surface area (Å²) < 4.78 is 39.6. The van der Waals surface area contributed by atoms with Crippen LogP contribution in [-0.2, 0) is 19.1 Å². The maximum Gasteiger partial charge on any atom is 0.416 e. The normalized spacial score (nSPS) is 14.2. The van der Waals surface area contributed by atoms with Crippen LogP contribution < -0.4 is 15.7 Å². The molecule has 4 rings (SSSR count). The van der Waals surface area contributed by atoms with Gasteiger partial charge in [-0.25, -0.2) is 4.98 Å². The highest BCUT2D eigenvalue weighted by Gasteiger charge is 2.31. The molecule has 1 amide bonds. The molecule has 190 valence electrons. The Morgan fingerprint density at radius 2 is 1.89 bits per heavy atom. The van der Waals surface area contributed by atoms with E-state index in [1.165, 1.54) is 19.2 Å². The molecule has 1 aliphatic rings. The largest absolute Gasteiger partial charge is 0.416 e. The summed E-state index contributed by atoms with van der Waals surface area (Å²) in [5.74, 6) is -0.0849. The molecule has 1 aromatic heterocycles. The summed E-state index contributed by atoms with van der Waals surface area (Å²) in [6.07, 6.45) is -4.07. The summed E-state index contributed by atoms with van der Waals surface area (Å²) in [5, 5.41) is 3.59. The van der Waals surface area contributed by atoms with Gasteiger partial charge in [0.2, 0.25) is 5.95 Å². The second kappa shape index (κ2) is 9.85. The van der Waals surface area contributed by atoms with E-state index in [0.29, 0.717) is 40.4 Å². The lowest BCUT2D eigenvalue weighted by Crippen LogP contribution is -2.42. The van der Waals surface area contributed by atoms with Gasteiger partial charge in [-0.15, -0.1) is 4.73 Å². The number of aromatic nitrogens is 2. The van der Waals surface area contributed by atoms with Gasteiger partial charge in [0, 0.05) is 23.6 Å². The van der Waals surface area contributed by atoms with Crippen LogP contribution in [0.5, 0.6) is 0 Å². The van der Waals surface area contributed by atoms with Crippen LogP contribution in [0.3, 0.4) is 0 Å². The number of benzene rings is 2. The SMILES string of the molecule is COn1c(N[C@@H](C)c2ccc(C(F)(F)F)cc2)nc2c(c1=O)CN(C(=O)c1ccc(Cl)cc1C)CC2. The van der Waals surface area contributed by atoms with Crippen molar-refractivity contribution in [2.24, 2.45) is 0 Å². The lowest BCUT2D eigenvalue weighted by Gasteiger charge is -2.29. The lowest BCUT2D eigenvalue weighted by atomic mass is 10.0. The molecule has 0 radical (unpaired) electrons. The van der Waals surface area contributed by atoms with Crippen molar-refractivity contribution in [2.75, 3.05) is 19.0 Å². The molecule has 0 aliphatic carbocycles. The summed E-state index contributed by atoms with van der Waals surface area (Å²) in [5.41, 5.74) is 1.49. The van der Waals surface area contributed by atoms with Crippen molar-refractivity contribution in [3.05, 3.63) is 91.4 Å². The predicted molar refractivity (Wildman–Crippen MR) is 129 cm³/mol. The molecular formula is C25H24ClF3N4O3. The van der Waals surface area contributed by atoms with E-state index < -0.39 is 23.3 Å². The number of carbonyl (C=O) groups is 1. The third-order valence-electron chi connectivity index (χ3n) is 6.16. The molecule has 0 fully saturated rings. The predicted octanol–water partition coefficient (Wildman–Crippen LogP) is 4.65. The number of anilines is 1. The van der Waals surface area contributed by atoms with Crippen LogP contribution in [0.4, 0.5) is 19.1 Å². The quantitative estimate of drug-likeness (QED) is 0.530. The molecule has 7 nitrogen and oxygen atoms in total. The number of alkyl halides is 3. The van der Waals surface area contributed by atoms with Gasteiger partial charge in [-0.3, -0.25) is 9.59 Å². The number of amides is 1. The fourth-order valence-corrected chi connectivity index (χ4v) is 4.39. The van der Waals surface area contributed by atoms with E-state index in [4.69, 9.17) is 16.4 Å². The van der Waals surface area contributed by atoms with Crippen LogP contribution in [0.25, 0.3) is 0 Å². The smallest absolute Gasteiger partial charge is 0.411 e. The minimum Gasteiger partial charge on any atom is -0.411 e. The summed E-state index contributed by atoms with van der Waals surface area (Å²) in [7, 11) is 1.31. The maximum absolute atomic E-state index is 13.2. The summed E-state index contributed by atoms with van der Waals surface area (Å²) in [6.45, 7) is 3.97. The van der Waals surface area contributed by atoms with E-state index in [1.54, 1.807) is 36.9 Å². The van der Waals surface area contributed by atoms with Gasteiger partial charge in [0.1, 0.15) is 7.11 Å². The second-order valence-electron chi connectivity index (χ2n) is 8.56. The van der Waals surface area contributed by atoms with Gasteiger partial charge in [-0.2, -0.15) is 13.2 Å². The Balaban J connectivity index is 1.58. The zero-order valence-corrected chi connectivity index (χ0v) is 20.6. The molecule has 0 bridgehead atoms.